The monoisotopic (exact) mass is 414 g/mol. The Bertz CT molecular complexity index is 908. The van der Waals surface area contributed by atoms with Crippen molar-refractivity contribution >= 4 is 28.5 Å². The zero-order valence-corrected chi connectivity index (χ0v) is 15.7. The highest BCUT2D eigenvalue weighted by Gasteiger charge is 2.13. The maximum Gasteiger partial charge on any atom is 0.287 e. The highest BCUT2D eigenvalue weighted by atomic mass is 79.9. The molecular formula is C19H17BrN3O3+. The summed E-state index contributed by atoms with van der Waals surface area (Å²) in [6, 6.07) is 15.5. The molecule has 0 saturated heterocycles. The predicted molar refractivity (Wildman–Crippen MR) is 102 cm³/mol. The van der Waals surface area contributed by atoms with Gasteiger partial charge in [0.1, 0.15) is 0 Å². The van der Waals surface area contributed by atoms with Crippen molar-refractivity contribution < 1.29 is 14.3 Å². The van der Waals surface area contributed by atoms with Crippen LogP contribution in [-0.4, -0.2) is 15.7 Å². The van der Waals surface area contributed by atoms with Gasteiger partial charge in [0.25, 0.3) is 12.0 Å². The molecule has 0 aliphatic heterocycles. The van der Waals surface area contributed by atoms with Crippen LogP contribution in [-0.2, 0) is 6.54 Å². The third-order valence-electron chi connectivity index (χ3n) is 3.84. The van der Waals surface area contributed by atoms with Crippen LogP contribution in [0.1, 0.15) is 15.9 Å². The molecule has 0 aliphatic rings. The summed E-state index contributed by atoms with van der Waals surface area (Å²) in [6.07, 6.45) is 3.41. The lowest BCUT2D eigenvalue weighted by Gasteiger charge is -2.01. The number of halogens is 1. The molecule has 1 aromatic heterocycles. The average molecular weight is 415 g/mol. The average Bonchev–Trinajstić information content (AvgIpc) is 2.63. The second-order valence-electron chi connectivity index (χ2n) is 5.71. The number of carbonyl (C=O) groups is 1. The normalized spacial score (nSPS) is 10.0. The van der Waals surface area contributed by atoms with Crippen molar-refractivity contribution in [1.82, 2.24) is 4.98 Å². The fourth-order valence-corrected chi connectivity index (χ4v) is 2.40. The summed E-state index contributed by atoms with van der Waals surface area (Å²) < 4.78 is 1.68. The molecule has 0 saturated carbocycles. The number of Topliss-reactive ketones (excluding diaryl/α,β-unsaturated/α-hetero) is 1. The van der Waals surface area contributed by atoms with Crippen molar-refractivity contribution in [1.29, 1.82) is 0 Å². The van der Waals surface area contributed by atoms with Gasteiger partial charge in [-0.3, -0.25) is 14.9 Å². The molecule has 0 amide bonds. The van der Waals surface area contributed by atoms with Gasteiger partial charge in [-0.2, -0.15) is 0 Å². The van der Waals surface area contributed by atoms with E-state index in [1.807, 2.05) is 37.3 Å². The minimum Gasteiger partial charge on any atom is -0.290 e. The van der Waals surface area contributed by atoms with Crippen LogP contribution in [0.15, 0.2) is 67.1 Å². The Morgan fingerprint density at radius 2 is 1.73 bits per heavy atom. The molecule has 0 spiro atoms. The number of nitrogens with zero attached hydrogens (tertiary/aromatic N) is 3. The van der Waals surface area contributed by atoms with Gasteiger partial charge in [-0.15, -0.1) is 17.0 Å². The summed E-state index contributed by atoms with van der Waals surface area (Å²) in [7, 11) is 0. The SMILES string of the molecule is Br.Cc1ccc(-c2cc[n+](CC(=O)c3ccc([N+](=O)[O-])cc3)cn2)cc1. The zero-order valence-electron chi connectivity index (χ0n) is 14.0. The number of rotatable bonds is 5. The van der Waals surface area contributed by atoms with Crippen LogP contribution in [0.2, 0.25) is 0 Å². The second kappa shape index (κ2) is 8.44. The zero-order chi connectivity index (χ0) is 17.8. The Balaban J connectivity index is 0.00000243. The molecule has 0 aliphatic carbocycles. The molecule has 0 bridgehead atoms. The lowest BCUT2D eigenvalue weighted by molar-refractivity contribution is -0.686. The van der Waals surface area contributed by atoms with Gasteiger partial charge < -0.3 is 0 Å². The van der Waals surface area contributed by atoms with Crippen LogP contribution >= 0.6 is 17.0 Å². The minimum atomic E-state index is -0.489. The Hall–Kier alpha value is -2.93. The van der Waals surface area contributed by atoms with E-state index in [2.05, 4.69) is 4.98 Å². The van der Waals surface area contributed by atoms with E-state index in [4.69, 9.17) is 0 Å². The molecule has 6 nitrogen and oxygen atoms in total. The molecule has 1 heterocycles. The van der Waals surface area contributed by atoms with Crippen LogP contribution in [0.3, 0.4) is 0 Å². The van der Waals surface area contributed by atoms with E-state index in [1.54, 1.807) is 17.1 Å². The van der Waals surface area contributed by atoms with Gasteiger partial charge in [0.2, 0.25) is 5.78 Å². The van der Waals surface area contributed by atoms with Gasteiger partial charge >= 0.3 is 0 Å². The lowest BCUT2D eigenvalue weighted by Crippen LogP contribution is -2.37. The molecular weight excluding hydrogens is 398 g/mol. The van der Waals surface area contributed by atoms with E-state index >= 15 is 0 Å². The van der Waals surface area contributed by atoms with E-state index in [-0.39, 0.29) is 35.0 Å². The third-order valence-corrected chi connectivity index (χ3v) is 3.84. The van der Waals surface area contributed by atoms with Gasteiger partial charge in [-0.05, 0) is 24.0 Å². The fraction of sp³-hybridized carbons (Fsp3) is 0.105. The number of nitro groups is 1. The Morgan fingerprint density at radius 3 is 2.27 bits per heavy atom. The van der Waals surface area contributed by atoms with E-state index in [9.17, 15) is 14.9 Å². The number of hydrogen-bond donors (Lipinski definition) is 0. The van der Waals surface area contributed by atoms with Gasteiger partial charge in [0, 0.05) is 29.3 Å². The largest absolute Gasteiger partial charge is 0.290 e. The van der Waals surface area contributed by atoms with E-state index < -0.39 is 4.92 Å². The lowest BCUT2D eigenvalue weighted by atomic mass is 10.1. The number of ketones is 1. The molecule has 3 aromatic rings. The highest BCUT2D eigenvalue weighted by molar-refractivity contribution is 8.93. The molecule has 0 unspecified atom stereocenters. The summed E-state index contributed by atoms with van der Waals surface area (Å²) in [4.78, 5) is 26.8. The molecule has 0 fully saturated rings. The summed E-state index contributed by atoms with van der Waals surface area (Å²) in [5.74, 6) is -0.134. The molecule has 0 N–H and O–H groups in total. The van der Waals surface area contributed by atoms with Gasteiger partial charge in [-0.25, -0.2) is 4.57 Å². The quantitative estimate of drug-likeness (QED) is 0.276. The number of aryl methyl sites for hydroxylation is 1. The minimum absolute atomic E-state index is 0. The number of hydrogen-bond acceptors (Lipinski definition) is 4. The molecule has 26 heavy (non-hydrogen) atoms. The molecule has 132 valence electrons. The van der Waals surface area contributed by atoms with Crippen molar-refractivity contribution in [3.8, 4) is 11.3 Å². The Morgan fingerprint density at radius 1 is 1.08 bits per heavy atom. The van der Waals surface area contributed by atoms with Crippen LogP contribution in [0.4, 0.5) is 5.69 Å². The standard InChI is InChI=1S/C19H16N3O3.BrH/c1-14-2-4-15(5-3-14)18-10-11-21(13-20-18)12-19(23)16-6-8-17(9-7-16)22(24)25;/h2-11,13H,12H2,1H3;1H/q+1;. The van der Waals surface area contributed by atoms with Crippen molar-refractivity contribution in [2.45, 2.75) is 13.5 Å². The maximum atomic E-state index is 12.3. The van der Waals surface area contributed by atoms with Crippen LogP contribution in [0.25, 0.3) is 11.3 Å². The van der Waals surface area contributed by atoms with Crippen LogP contribution < -0.4 is 4.57 Å². The smallest absolute Gasteiger partial charge is 0.287 e. The summed E-state index contributed by atoms with van der Waals surface area (Å²) in [5, 5.41) is 10.6. The highest BCUT2D eigenvalue weighted by Crippen LogP contribution is 2.16. The van der Waals surface area contributed by atoms with Crippen molar-refractivity contribution in [2.75, 3.05) is 0 Å². The fourth-order valence-electron chi connectivity index (χ4n) is 2.40. The number of carbonyl (C=O) groups excluding carboxylic acids is 1. The molecule has 3 rings (SSSR count). The summed E-state index contributed by atoms with van der Waals surface area (Å²) >= 11 is 0. The topological polar surface area (TPSA) is 77.0 Å². The number of nitro benzene ring substituents is 1. The predicted octanol–water partition coefficient (Wildman–Crippen LogP) is 3.71. The summed E-state index contributed by atoms with van der Waals surface area (Å²) in [5.41, 5.74) is 3.43. The Labute approximate surface area is 161 Å². The number of aromatic nitrogens is 2. The van der Waals surface area contributed by atoms with Crippen molar-refractivity contribution in [2.24, 2.45) is 0 Å². The van der Waals surface area contributed by atoms with Gasteiger partial charge in [0.15, 0.2) is 12.2 Å². The first-order valence-electron chi connectivity index (χ1n) is 7.73. The van der Waals surface area contributed by atoms with E-state index in [0.717, 1.165) is 11.3 Å². The van der Waals surface area contributed by atoms with E-state index in [1.165, 1.54) is 29.8 Å². The van der Waals surface area contributed by atoms with Crippen LogP contribution in [0, 0.1) is 17.0 Å². The maximum absolute atomic E-state index is 12.3. The molecule has 0 radical (unpaired) electrons. The van der Waals surface area contributed by atoms with Crippen molar-refractivity contribution in [3.05, 3.63) is 88.4 Å². The molecule has 0 atom stereocenters. The number of benzene rings is 2. The first-order valence-corrected chi connectivity index (χ1v) is 7.73. The van der Waals surface area contributed by atoms with E-state index in [0.29, 0.717) is 5.56 Å². The number of non-ortho nitro benzene ring substituents is 1. The van der Waals surface area contributed by atoms with Crippen LogP contribution in [0.5, 0.6) is 0 Å². The molecule has 2 aromatic carbocycles. The van der Waals surface area contributed by atoms with Gasteiger partial charge in [-0.1, -0.05) is 29.8 Å². The first-order chi connectivity index (χ1) is 12.0. The third kappa shape index (κ3) is 4.58. The molecule has 7 heteroatoms. The van der Waals surface area contributed by atoms with Gasteiger partial charge in [0.05, 0.1) is 11.1 Å². The summed E-state index contributed by atoms with van der Waals surface area (Å²) in [6.45, 7) is 2.15. The first kappa shape index (κ1) is 19.4. The Kier molecular flexibility index (Phi) is 6.30. The van der Waals surface area contributed by atoms with Crippen molar-refractivity contribution in [3.63, 3.8) is 0 Å². The second-order valence-corrected chi connectivity index (χ2v) is 5.71.